The van der Waals surface area contributed by atoms with Gasteiger partial charge in [0.1, 0.15) is 5.82 Å². The summed E-state index contributed by atoms with van der Waals surface area (Å²) < 4.78 is 0. The molecule has 0 radical (unpaired) electrons. The van der Waals surface area contributed by atoms with Gasteiger partial charge in [-0.25, -0.2) is 4.98 Å². The van der Waals surface area contributed by atoms with E-state index in [0.29, 0.717) is 6.54 Å². The zero-order valence-corrected chi connectivity index (χ0v) is 9.66. The van der Waals surface area contributed by atoms with E-state index >= 15 is 0 Å². The molecule has 1 amide bonds. The maximum Gasteiger partial charge on any atom is 0.217 e. The van der Waals surface area contributed by atoms with Crippen LogP contribution in [0.1, 0.15) is 18.2 Å². The van der Waals surface area contributed by atoms with E-state index in [1.165, 1.54) is 6.92 Å². The van der Waals surface area contributed by atoms with E-state index in [4.69, 9.17) is 0 Å². The van der Waals surface area contributed by atoms with Crippen LogP contribution < -0.4 is 10.2 Å². The molecule has 0 bridgehead atoms. The number of carbonyl (C=O) groups is 1. The molecule has 0 saturated carbocycles. The molecular formula is C11H17N3O. The molecule has 0 unspecified atom stereocenters. The lowest BCUT2D eigenvalue weighted by atomic mass is 10.2. The molecule has 4 heteroatoms. The number of aromatic nitrogens is 1. The standard InChI is InChI=1S/C11H17N3O/c1-8-10(7-12-9(2)15)5-6-11(13-8)14(3)4/h5-6H,7H2,1-4H3,(H,12,15). The lowest BCUT2D eigenvalue weighted by Gasteiger charge is -2.13. The monoisotopic (exact) mass is 207 g/mol. The second-order valence-corrected chi connectivity index (χ2v) is 3.72. The Bertz CT molecular complexity index is 361. The molecule has 0 aromatic carbocycles. The minimum Gasteiger partial charge on any atom is -0.363 e. The van der Waals surface area contributed by atoms with Crippen LogP contribution in [0.3, 0.4) is 0 Å². The van der Waals surface area contributed by atoms with Crippen LogP contribution in [0.4, 0.5) is 5.82 Å². The summed E-state index contributed by atoms with van der Waals surface area (Å²) in [5.74, 6) is 0.908. The molecule has 82 valence electrons. The second kappa shape index (κ2) is 4.77. The molecule has 1 rings (SSSR count). The molecule has 0 spiro atoms. The fourth-order valence-corrected chi connectivity index (χ4v) is 1.23. The predicted molar refractivity (Wildman–Crippen MR) is 60.8 cm³/mol. The van der Waals surface area contributed by atoms with E-state index in [-0.39, 0.29) is 5.91 Å². The van der Waals surface area contributed by atoms with Gasteiger partial charge in [0, 0.05) is 33.3 Å². The summed E-state index contributed by atoms with van der Waals surface area (Å²) in [4.78, 5) is 17.1. The number of nitrogens with zero attached hydrogens (tertiary/aromatic N) is 2. The molecule has 1 N–H and O–H groups in total. The molecule has 0 aliphatic carbocycles. The topological polar surface area (TPSA) is 45.2 Å². The quantitative estimate of drug-likeness (QED) is 0.807. The fourth-order valence-electron chi connectivity index (χ4n) is 1.23. The number of pyridine rings is 1. The first-order valence-electron chi connectivity index (χ1n) is 4.89. The van der Waals surface area contributed by atoms with Crippen LogP contribution in [0.2, 0.25) is 0 Å². The van der Waals surface area contributed by atoms with Gasteiger partial charge in [-0.3, -0.25) is 4.79 Å². The van der Waals surface area contributed by atoms with Gasteiger partial charge in [0.05, 0.1) is 0 Å². The number of anilines is 1. The number of hydrogen-bond acceptors (Lipinski definition) is 3. The molecule has 0 fully saturated rings. The zero-order valence-electron chi connectivity index (χ0n) is 9.66. The summed E-state index contributed by atoms with van der Waals surface area (Å²) in [5.41, 5.74) is 2.01. The normalized spacial score (nSPS) is 9.87. The van der Waals surface area contributed by atoms with Gasteiger partial charge in [-0.2, -0.15) is 0 Å². The van der Waals surface area contributed by atoms with Crippen molar-refractivity contribution in [2.45, 2.75) is 20.4 Å². The molecule has 0 saturated heterocycles. The summed E-state index contributed by atoms with van der Waals surface area (Å²) in [6.45, 7) is 4.00. The third kappa shape index (κ3) is 3.23. The van der Waals surface area contributed by atoms with Crippen LogP contribution in [0.15, 0.2) is 12.1 Å². The van der Waals surface area contributed by atoms with Crippen LogP contribution in [-0.2, 0) is 11.3 Å². The Hall–Kier alpha value is -1.58. The molecule has 0 atom stereocenters. The first-order chi connectivity index (χ1) is 7.00. The molecule has 1 aromatic heterocycles. The van der Waals surface area contributed by atoms with Crippen molar-refractivity contribution in [1.29, 1.82) is 0 Å². The third-order valence-electron chi connectivity index (χ3n) is 2.17. The van der Waals surface area contributed by atoms with Gasteiger partial charge in [0.25, 0.3) is 0 Å². The largest absolute Gasteiger partial charge is 0.363 e. The third-order valence-corrected chi connectivity index (χ3v) is 2.17. The Morgan fingerprint density at radius 1 is 1.47 bits per heavy atom. The Morgan fingerprint density at radius 3 is 2.60 bits per heavy atom. The van der Waals surface area contributed by atoms with E-state index in [2.05, 4.69) is 10.3 Å². The summed E-state index contributed by atoms with van der Waals surface area (Å²) >= 11 is 0. The minimum absolute atomic E-state index is 0.0221. The van der Waals surface area contributed by atoms with Gasteiger partial charge in [-0.1, -0.05) is 6.07 Å². The van der Waals surface area contributed by atoms with Crippen molar-refractivity contribution in [3.8, 4) is 0 Å². The predicted octanol–water partition coefficient (Wildman–Crippen LogP) is 1.09. The number of aryl methyl sites for hydroxylation is 1. The highest BCUT2D eigenvalue weighted by atomic mass is 16.1. The van der Waals surface area contributed by atoms with E-state index in [1.54, 1.807) is 0 Å². The molecule has 15 heavy (non-hydrogen) atoms. The van der Waals surface area contributed by atoms with Crippen LogP contribution in [0, 0.1) is 6.92 Å². The Kier molecular flexibility index (Phi) is 3.66. The maximum absolute atomic E-state index is 10.8. The van der Waals surface area contributed by atoms with Crippen molar-refractivity contribution in [2.75, 3.05) is 19.0 Å². The highest BCUT2D eigenvalue weighted by Crippen LogP contribution is 2.12. The average molecular weight is 207 g/mol. The smallest absolute Gasteiger partial charge is 0.217 e. The molecule has 1 heterocycles. The van der Waals surface area contributed by atoms with Crippen LogP contribution in [0.25, 0.3) is 0 Å². The number of carbonyl (C=O) groups excluding carboxylic acids is 1. The molecular weight excluding hydrogens is 190 g/mol. The van der Waals surface area contributed by atoms with Crippen molar-refractivity contribution >= 4 is 11.7 Å². The number of rotatable bonds is 3. The van der Waals surface area contributed by atoms with Gasteiger partial charge in [-0.05, 0) is 18.6 Å². The highest BCUT2D eigenvalue weighted by molar-refractivity contribution is 5.72. The van der Waals surface area contributed by atoms with E-state index in [0.717, 1.165) is 17.1 Å². The van der Waals surface area contributed by atoms with E-state index < -0.39 is 0 Å². The number of hydrogen-bond donors (Lipinski definition) is 1. The zero-order chi connectivity index (χ0) is 11.4. The molecule has 1 aromatic rings. The maximum atomic E-state index is 10.8. The molecule has 4 nitrogen and oxygen atoms in total. The Morgan fingerprint density at radius 2 is 2.13 bits per heavy atom. The van der Waals surface area contributed by atoms with Crippen LogP contribution >= 0.6 is 0 Å². The summed E-state index contributed by atoms with van der Waals surface area (Å²) in [5, 5.41) is 2.76. The van der Waals surface area contributed by atoms with Crippen molar-refractivity contribution in [3.05, 3.63) is 23.4 Å². The van der Waals surface area contributed by atoms with Gasteiger partial charge >= 0.3 is 0 Å². The van der Waals surface area contributed by atoms with Crippen molar-refractivity contribution in [3.63, 3.8) is 0 Å². The van der Waals surface area contributed by atoms with Crippen LogP contribution in [-0.4, -0.2) is 25.0 Å². The van der Waals surface area contributed by atoms with E-state index in [9.17, 15) is 4.79 Å². The van der Waals surface area contributed by atoms with Crippen molar-refractivity contribution < 1.29 is 4.79 Å². The first kappa shape index (κ1) is 11.5. The SMILES string of the molecule is CC(=O)NCc1ccc(N(C)C)nc1C. The summed E-state index contributed by atoms with van der Waals surface area (Å²) in [7, 11) is 3.91. The van der Waals surface area contributed by atoms with Gasteiger partial charge in [-0.15, -0.1) is 0 Å². The Balaban J connectivity index is 2.79. The summed E-state index contributed by atoms with van der Waals surface area (Å²) in [6.07, 6.45) is 0. The lowest BCUT2D eigenvalue weighted by Crippen LogP contribution is -2.20. The second-order valence-electron chi connectivity index (χ2n) is 3.72. The first-order valence-corrected chi connectivity index (χ1v) is 4.89. The van der Waals surface area contributed by atoms with E-state index in [1.807, 2.05) is 38.1 Å². The summed E-state index contributed by atoms with van der Waals surface area (Å²) in [6, 6.07) is 3.94. The average Bonchev–Trinajstić information content (AvgIpc) is 2.15. The minimum atomic E-state index is -0.0221. The Labute approximate surface area is 90.3 Å². The highest BCUT2D eigenvalue weighted by Gasteiger charge is 2.03. The lowest BCUT2D eigenvalue weighted by molar-refractivity contribution is -0.119. The van der Waals surface area contributed by atoms with Crippen LogP contribution in [0.5, 0.6) is 0 Å². The van der Waals surface area contributed by atoms with Gasteiger partial charge < -0.3 is 10.2 Å². The number of amides is 1. The molecule has 0 aliphatic heterocycles. The van der Waals surface area contributed by atoms with Gasteiger partial charge in [0.15, 0.2) is 0 Å². The van der Waals surface area contributed by atoms with Gasteiger partial charge in [0.2, 0.25) is 5.91 Å². The van der Waals surface area contributed by atoms with Crippen molar-refractivity contribution in [1.82, 2.24) is 10.3 Å². The molecule has 0 aliphatic rings. The number of nitrogens with one attached hydrogen (secondary N) is 1. The fraction of sp³-hybridized carbons (Fsp3) is 0.455. The van der Waals surface area contributed by atoms with Crippen molar-refractivity contribution in [2.24, 2.45) is 0 Å².